The fourth-order valence-electron chi connectivity index (χ4n) is 3.62. The Kier molecular flexibility index (Phi) is 8.08. The molecule has 1 unspecified atom stereocenters. The molecule has 162 valence electrons. The first-order chi connectivity index (χ1) is 14.2. The number of nitrogens with one attached hydrogen (secondary N) is 2. The van der Waals surface area contributed by atoms with E-state index >= 15 is 0 Å². The summed E-state index contributed by atoms with van der Waals surface area (Å²) in [5, 5.41) is 12.5. The van der Waals surface area contributed by atoms with Gasteiger partial charge in [-0.25, -0.2) is 9.67 Å². The first-order valence-corrected chi connectivity index (χ1v) is 10.2. The van der Waals surface area contributed by atoms with Crippen molar-refractivity contribution >= 4 is 40.9 Å². The highest BCUT2D eigenvalue weighted by Crippen LogP contribution is 2.19. The van der Waals surface area contributed by atoms with E-state index in [0.717, 1.165) is 66.7 Å². The van der Waals surface area contributed by atoms with Crippen molar-refractivity contribution in [3.05, 3.63) is 47.7 Å². The van der Waals surface area contributed by atoms with Crippen LogP contribution in [0, 0.1) is 0 Å². The highest BCUT2D eigenvalue weighted by Gasteiger charge is 2.22. The van der Waals surface area contributed by atoms with E-state index in [-0.39, 0.29) is 30.0 Å². The molecule has 1 aromatic carbocycles. The molecule has 0 amide bonds. The summed E-state index contributed by atoms with van der Waals surface area (Å²) in [6.45, 7) is 4.78. The molecule has 30 heavy (non-hydrogen) atoms. The number of benzene rings is 1. The lowest BCUT2D eigenvalue weighted by molar-refractivity contribution is 0.177. The average molecular weight is 524 g/mol. The normalized spacial score (nSPS) is 16.2. The molecule has 2 N–H and O–H groups in total. The number of furan rings is 1. The number of hydrogen-bond donors (Lipinski definition) is 2. The Labute approximate surface area is 193 Å². The topological polar surface area (TPSA) is 89.5 Å². The predicted octanol–water partition coefficient (Wildman–Crippen LogP) is 2.90. The van der Waals surface area contributed by atoms with Crippen molar-refractivity contribution < 1.29 is 9.15 Å². The Hall–Kier alpha value is -2.14. The number of para-hydroxylation sites is 1. The van der Waals surface area contributed by atoms with Gasteiger partial charge in [-0.1, -0.05) is 18.2 Å². The molecule has 1 aliphatic rings. The summed E-state index contributed by atoms with van der Waals surface area (Å²) >= 11 is 0. The van der Waals surface area contributed by atoms with E-state index in [0.29, 0.717) is 13.2 Å². The third-order valence-electron chi connectivity index (χ3n) is 4.97. The van der Waals surface area contributed by atoms with Crippen LogP contribution in [0.15, 0.2) is 39.7 Å². The summed E-state index contributed by atoms with van der Waals surface area (Å²) in [6, 6.07) is 10.4. The Bertz CT molecular complexity index is 950. The van der Waals surface area contributed by atoms with Crippen molar-refractivity contribution in [1.29, 1.82) is 0 Å². The number of aryl methyl sites for hydroxylation is 1. The Balaban J connectivity index is 0.00000256. The van der Waals surface area contributed by atoms with Crippen molar-refractivity contribution in [2.24, 2.45) is 4.99 Å². The molecule has 3 heterocycles. The van der Waals surface area contributed by atoms with Crippen LogP contribution in [-0.2, 0) is 30.7 Å². The van der Waals surface area contributed by atoms with Gasteiger partial charge < -0.3 is 19.8 Å². The number of aliphatic imine (C=N–C) groups is 1. The molecule has 0 saturated carbocycles. The number of halogens is 1. The van der Waals surface area contributed by atoms with E-state index < -0.39 is 0 Å². The molecule has 3 aromatic rings. The largest absolute Gasteiger partial charge is 0.461 e. The number of hydrogen-bond acceptors (Lipinski definition) is 5. The van der Waals surface area contributed by atoms with Crippen LogP contribution >= 0.6 is 24.0 Å². The predicted molar refractivity (Wildman–Crippen MR) is 127 cm³/mol. The summed E-state index contributed by atoms with van der Waals surface area (Å²) in [4.78, 5) is 9.27. The summed E-state index contributed by atoms with van der Waals surface area (Å²) in [5.74, 6) is 3.56. The van der Waals surface area contributed by atoms with Crippen molar-refractivity contribution in [2.45, 2.75) is 45.4 Å². The maximum absolute atomic E-state index is 5.88. The number of nitrogens with zero attached hydrogens (tertiary/aromatic N) is 4. The third-order valence-corrected chi connectivity index (χ3v) is 4.97. The van der Waals surface area contributed by atoms with E-state index in [4.69, 9.17) is 14.1 Å². The lowest BCUT2D eigenvalue weighted by atomic mass is 10.1. The molecule has 8 nitrogen and oxygen atoms in total. The van der Waals surface area contributed by atoms with Gasteiger partial charge in [0.15, 0.2) is 11.8 Å². The molecule has 0 saturated heterocycles. The first kappa shape index (κ1) is 22.5. The second-order valence-corrected chi connectivity index (χ2v) is 7.20. The minimum Gasteiger partial charge on any atom is -0.461 e. The van der Waals surface area contributed by atoms with Crippen LogP contribution in [0.1, 0.15) is 30.8 Å². The number of methoxy groups -OCH3 is 1. The average Bonchev–Trinajstić information content (AvgIpc) is 3.31. The molecule has 1 aliphatic heterocycles. The van der Waals surface area contributed by atoms with Gasteiger partial charge in [-0.3, -0.25) is 4.99 Å². The van der Waals surface area contributed by atoms with Crippen molar-refractivity contribution in [3.8, 4) is 0 Å². The van der Waals surface area contributed by atoms with Crippen LogP contribution in [-0.4, -0.2) is 47.0 Å². The Morgan fingerprint density at radius 1 is 1.37 bits per heavy atom. The zero-order valence-corrected chi connectivity index (χ0v) is 19.8. The van der Waals surface area contributed by atoms with Crippen LogP contribution < -0.4 is 10.6 Å². The standard InChI is InChI=1S/C21H28N6O2.HI/c1-3-22-21(23-11-10-17-12-15-6-4-5-7-18(15)29-17)24-16-8-9-20-25-19(14-28-2)26-27(20)13-16;/h4-7,12,16H,3,8-11,13-14H2,1-2H3,(H2,22,23,24);1H. The van der Waals surface area contributed by atoms with Crippen LogP contribution in [0.3, 0.4) is 0 Å². The minimum atomic E-state index is 0. The van der Waals surface area contributed by atoms with E-state index in [9.17, 15) is 0 Å². The zero-order chi connectivity index (χ0) is 20.1. The summed E-state index contributed by atoms with van der Waals surface area (Å²) in [7, 11) is 1.66. The molecular weight excluding hydrogens is 495 g/mol. The molecule has 0 aliphatic carbocycles. The second kappa shape index (κ2) is 10.8. The summed E-state index contributed by atoms with van der Waals surface area (Å²) < 4.78 is 13.0. The summed E-state index contributed by atoms with van der Waals surface area (Å²) in [6.07, 6.45) is 2.66. The van der Waals surface area contributed by atoms with Gasteiger partial charge in [-0.15, -0.1) is 24.0 Å². The maximum Gasteiger partial charge on any atom is 0.191 e. The molecule has 9 heteroatoms. The Morgan fingerprint density at radius 2 is 2.23 bits per heavy atom. The fourth-order valence-corrected chi connectivity index (χ4v) is 3.62. The number of ether oxygens (including phenoxy) is 1. The smallest absolute Gasteiger partial charge is 0.191 e. The van der Waals surface area contributed by atoms with Gasteiger partial charge in [0.25, 0.3) is 0 Å². The second-order valence-electron chi connectivity index (χ2n) is 7.20. The molecule has 0 spiro atoms. The molecule has 2 aromatic heterocycles. The van der Waals surface area contributed by atoms with E-state index in [1.807, 2.05) is 22.9 Å². The van der Waals surface area contributed by atoms with Crippen molar-refractivity contribution in [2.75, 3.05) is 20.2 Å². The third kappa shape index (κ3) is 5.51. The lowest BCUT2D eigenvalue weighted by Crippen LogP contribution is -2.47. The molecule has 4 rings (SSSR count). The number of guanidine groups is 1. The van der Waals surface area contributed by atoms with Gasteiger partial charge in [0.05, 0.1) is 6.54 Å². The quantitative estimate of drug-likeness (QED) is 0.281. The van der Waals surface area contributed by atoms with Gasteiger partial charge in [0.2, 0.25) is 0 Å². The Morgan fingerprint density at radius 3 is 3.03 bits per heavy atom. The van der Waals surface area contributed by atoms with Crippen molar-refractivity contribution in [3.63, 3.8) is 0 Å². The molecule has 0 radical (unpaired) electrons. The van der Waals surface area contributed by atoms with E-state index in [1.165, 1.54) is 0 Å². The monoisotopic (exact) mass is 524 g/mol. The zero-order valence-electron chi connectivity index (χ0n) is 17.4. The fraction of sp³-hybridized carbons (Fsp3) is 0.476. The molecule has 0 fully saturated rings. The van der Waals surface area contributed by atoms with Gasteiger partial charge in [-0.2, -0.15) is 5.10 Å². The number of rotatable bonds is 7. The maximum atomic E-state index is 5.88. The van der Waals surface area contributed by atoms with Crippen LogP contribution in [0.2, 0.25) is 0 Å². The lowest BCUT2D eigenvalue weighted by Gasteiger charge is -2.25. The number of aromatic nitrogens is 3. The van der Waals surface area contributed by atoms with E-state index in [2.05, 4.69) is 39.8 Å². The first-order valence-electron chi connectivity index (χ1n) is 10.2. The van der Waals surface area contributed by atoms with Gasteiger partial charge in [-0.05, 0) is 25.5 Å². The number of fused-ring (bicyclic) bond motifs is 2. The van der Waals surface area contributed by atoms with Crippen molar-refractivity contribution in [1.82, 2.24) is 25.4 Å². The molecular formula is C21H29IN6O2. The minimum absolute atomic E-state index is 0. The molecule has 1 atom stereocenters. The highest BCUT2D eigenvalue weighted by atomic mass is 127. The van der Waals surface area contributed by atoms with Crippen LogP contribution in [0.5, 0.6) is 0 Å². The summed E-state index contributed by atoms with van der Waals surface area (Å²) in [5.41, 5.74) is 0.926. The van der Waals surface area contributed by atoms with Gasteiger partial charge in [0, 0.05) is 44.5 Å². The van der Waals surface area contributed by atoms with Gasteiger partial charge in [0.1, 0.15) is 23.8 Å². The van der Waals surface area contributed by atoms with Crippen LogP contribution in [0.4, 0.5) is 0 Å². The SMILES string of the molecule is CCNC(=NCCc1cc2ccccc2o1)NC1CCc2nc(COC)nn2C1.I. The van der Waals surface area contributed by atoms with Gasteiger partial charge >= 0.3 is 0 Å². The van der Waals surface area contributed by atoms with Crippen LogP contribution in [0.25, 0.3) is 11.0 Å². The van der Waals surface area contributed by atoms with E-state index in [1.54, 1.807) is 7.11 Å². The molecule has 0 bridgehead atoms. The highest BCUT2D eigenvalue weighted by molar-refractivity contribution is 14.0.